The Labute approximate surface area is 149 Å². The van der Waals surface area contributed by atoms with Gasteiger partial charge in [-0.2, -0.15) is 0 Å². The molecule has 2 aromatic rings. The van der Waals surface area contributed by atoms with E-state index in [4.69, 9.17) is 4.74 Å². The molecule has 2 rings (SSSR count). The summed E-state index contributed by atoms with van der Waals surface area (Å²) < 4.78 is 7.16. The fraction of sp³-hybridized carbons (Fsp3) is 0.562. The van der Waals surface area contributed by atoms with Crippen LogP contribution in [0.1, 0.15) is 38.9 Å². The molecule has 0 radical (unpaired) electrons. The Morgan fingerprint density at radius 1 is 1.20 bits per heavy atom. The molecule has 2 aromatic heterocycles. The van der Waals surface area contributed by atoms with Gasteiger partial charge in [-0.1, -0.05) is 32.5 Å². The van der Waals surface area contributed by atoms with Crippen molar-refractivity contribution < 1.29 is 9.53 Å². The molecule has 0 saturated heterocycles. The molecule has 9 heteroatoms. The maximum Gasteiger partial charge on any atom is 0.332 e. The van der Waals surface area contributed by atoms with Crippen LogP contribution in [0.4, 0.5) is 0 Å². The summed E-state index contributed by atoms with van der Waals surface area (Å²) in [6.45, 7) is 5.70. The molecular formula is C16H22N4O4S. The zero-order valence-electron chi connectivity index (χ0n) is 15.2. The molecule has 0 bridgehead atoms. The summed E-state index contributed by atoms with van der Waals surface area (Å²) in [6, 6.07) is 0. The molecule has 0 unspecified atom stereocenters. The second-order valence-corrected chi connectivity index (χ2v) is 7.18. The molecule has 1 atom stereocenters. The number of ether oxygens (including phenoxy) is 1. The van der Waals surface area contributed by atoms with E-state index >= 15 is 0 Å². The molecule has 0 aromatic carbocycles. The van der Waals surface area contributed by atoms with Gasteiger partial charge >= 0.3 is 11.7 Å². The largest absolute Gasteiger partial charge is 0.468 e. The van der Waals surface area contributed by atoms with E-state index in [0.717, 1.165) is 4.57 Å². The lowest BCUT2D eigenvalue weighted by molar-refractivity contribution is -0.140. The van der Waals surface area contributed by atoms with Crippen molar-refractivity contribution in [2.45, 2.75) is 43.4 Å². The van der Waals surface area contributed by atoms with E-state index in [1.54, 1.807) is 7.05 Å². The van der Waals surface area contributed by atoms with Gasteiger partial charge in [-0.05, 0) is 6.42 Å². The fourth-order valence-corrected chi connectivity index (χ4v) is 3.42. The SMILES string of the molecule is CC[C@H](Sc1nc(C(C)C)nc2c1c(=O)n(C)c(=O)n2C)C(=O)OC. The molecule has 8 nitrogen and oxygen atoms in total. The van der Waals surface area contributed by atoms with Crippen LogP contribution in [-0.4, -0.2) is 37.4 Å². The summed E-state index contributed by atoms with van der Waals surface area (Å²) in [4.78, 5) is 45.7. The lowest BCUT2D eigenvalue weighted by atomic mass is 10.2. The van der Waals surface area contributed by atoms with Gasteiger partial charge in [0.05, 0.1) is 7.11 Å². The molecule has 0 amide bonds. The van der Waals surface area contributed by atoms with Gasteiger partial charge in [0, 0.05) is 20.0 Å². The van der Waals surface area contributed by atoms with Crippen LogP contribution < -0.4 is 11.2 Å². The fourth-order valence-electron chi connectivity index (χ4n) is 2.35. The number of rotatable bonds is 5. The van der Waals surface area contributed by atoms with Crippen molar-refractivity contribution in [1.29, 1.82) is 0 Å². The zero-order chi connectivity index (χ0) is 18.9. The number of aryl methyl sites for hydroxylation is 1. The first-order valence-corrected chi connectivity index (χ1v) is 8.82. The summed E-state index contributed by atoms with van der Waals surface area (Å²) in [5.41, 5.74) is -0.661. The first-order chi connectivity index (χ1) is 11.7. The van der Waals surface area contributed by atoms with Crippen molar-refractivity contribution in [3.8, 4) is 0 Å². The van der Waals surface area contributed by atoms with Gasteiger partial charge in [0.1, 0.15) is 21.5 Å². The number of carbonyl (C=O) groups excluding carboxylic acids is 1. The third-order valence-electron chi connectivity index (χ3n) is 3.89. The average molecular weight is 366 g/mol. The first-order valence-electron chi connectivity index (χ1n) is 7.95. The summed E-state index contributed by atoms with van der Waals surface area (Å²) >= 11 is 1.17. The summed E-state index contributed by atoms with van der Waals surface area (Å²) in [5, 5.41) is 0.133. The molecule has 25 heavy (non-hydrogen) atoms. The van der Waals surface area contributed by atoms with Crippen molar-refractivity contribution >= 4 is 28.8 Å². The second kappa shape index (κ2) is 7.38. The number of nitrogens with zero attached hydrogens (tertiary/aromatic N) is 4. The van der Waals surface area contributed by atoms with Crippen LogP contribution in [0.2, 0.25) is 0 Å². The zero-order valence-corrected chi connectivity index (χ0v) is 16.0. The predicted octanol–water partition coefficient (Wildman–Crippen LogP) is 1.19. The van der Waals surface area contributed by atoms with E-state index in [0.29, 0.717) is 17.3 Å². The summed E-state index contributed by atoms with van der Waals surface area (Å²) in [7, 11) is 4.30. The van der Waals surface area contributed by atoms with Gasteiger partial charge in [-0.15, -0.1) is 0 Å². The molecule has 0 N–H and O–H groups in total. The molecule has 0 aliphatic heterocycles. The monoisotopic (exact) mass is 366 g/mol. The van der Waals surface area contributed by atoms with Crippen molar-refractivity contribution in [2.75, 3.05) is 7.11 Å². The third-order valence-corrected chi connectivity index (χ3v) is 5.22. The molecule has 0 fully saturated rings. The topological polar surface area (TPSA) is 96.1 Å². The molecule has 2 heterocycles. The molecule has 0 saturated carbocycles. The average Bonchev–Trinajstić information content (AvgIpc) is 2.60. The lowest BCUT2D eigenvalue weighted by Crippen LogP contribution is -2.38. The Kier molecular flexibility index (Phi) is 5.66. The highest BCUT2D eigenvalue weighted by atomic mass is 32.2. The number of methoxy groups -OCH3 is 1. The van der Waals surface area contributed by atoms with Crippen LogP contribution >= 0.6 is 11.8 Å². The standard InChI is InChI=1S/C16H22N4O4S/c1-7-9(15(22)24-6)25-13-10-12(17-11(18-13)8(2)3)19(4)16(23)20(5)14(10)21/h8-9H,7H2,1-6H3/t9-/m0/s1. The number of esters is 1. The van der Waals surface area contributed by atoms with Crippen molar-refractivity contribution in [2.24, 2.45) is 14.1 Å². The number of carbonyl (C=O) groups is 1. The number of hydrogen-bond acceptors (Lipinski definition) is 7. The van der Waals surface area contributed by atoms with Crippen LogP contribution in [0.5, 0.6) is 0 Å². The molecular weight excluding hydrogens is 344 g/mol. The smallest absolute Gasteiger partial charge is 0.332 e. The van der Waals surface area contributed by atoms with Gasteiger partial charge in [0.2, 0.25) is 0 Å². The Hall–Kier alpha value is -2.16. The number of fused-ring (bicyclic) bond motifs is 1. The van der Waals surface area contributed by atoms with Crippen LogP contribution in [0.3, 0.4) is 0 Å². The molecule has 0 aliphatic carbocycles. The van der Waals surface area contributed by atoms with Crippen LogP contribution in [0.15, 0.2) is 14.6 Å². The van der Waals surface area contributed by atoms with E-state index in [9.17, 15) is 14.4 Å². The van der Waals surface area contributed by atoms with Gasteiger partial charge < -0.3 is 4.74 Å². The third kappa shape index (κ3) is 3.46. The highest BCUT2D eigenvalue weighted by Crippen LogP contribution is 2.29. The van der Waals surface area contributed by atoms with Gasteiger partial charge in [-0.25, -0.2) is 14.8 Å². The second-order valence-electron chi connectivity index (χ2n) is 5.98. The highest BCUT2D eigenvalue weighted by molar-refractivity contribution is 8.00. The van der Waals surface area contributed by atoms with Crippen LogP contribution in [0.25, 0.3) is 11.0 Å². The van der Waals surface area contributed by atoms with Gasteiger partial charge in [0.15, 0.2) is 5.65 Å². The van der Waals surface area contributed by atoms with Crippen molar-refractivity contribution in [3.05, 3.63) is 26.7 Å². The lowest BCUT2D eigenvalue weighted by Gasteiger charge is -2.16. The van der Waals surface area contributed by atoms with E-state index in [1.807, 2.05) is 20.8 Å². The number of thioether (sulfide) groups is 1. The van der Waals surface area contributed by atoms with E-state index < -0.39 is 16.5 Å². The van der Waals surface area contributed by atoms with Gasteiger partial charge in [-0.3, -0.25) is 18.7 Å². The Balaban J connectivity index is 2.83. The first kappa shape index (κ1) is 19.2. The normalized spacial score (nSPS) is 12.6. The molecule has 0 aliphatic rings. The highest BCUT2D eigenvalue weighted by Gasteiger charge is 2.24. The molecule has 136 valence electrons. The van der Waals surface area contributed by atoms with Crippen molar-refractivity contribution in [1.82, 2.24) is 19.1 Å². The number of hydrogen-bond donors (Lipinski definition) is 0. The Morgan fingerprint density at radius 2 is 1.84 bits per heavy atom. The minimum Gasteiger partial charge on any atom is -0.468 e. The van der Waals surface area contributed by atoms with E-state index in [-0.39, 0.29) is 22.9 Å². The maximum atomic E-state index is 12.7. The van der Waals surface area contributed by atoms with E-state index in [2.05, 4.69) is 9.97 Å². The summed E-state index contributed by atoms with van der Waals surface area (Å²) in [5.74, 6) is 0.131. The van der Waals surface area contributed by atoms with Crippen LogP contribution in [0, 0.1) is 0 Å². The quantitative estimate of drug-likeness (QED) is 0.445. The molecule has 0 spiro atoms. The van der Waals surface area contributed by atoms with Gasteiger partial charge in [0.25, 0.3) is 5.56 Å². The Bertz CT molecular complexity index is 932. The van der Waals surface area contributed by atoms with E-state index in [1.165, 1.54) is 30.5 Å². The van der Waals surface area contributed by atoms with Crippen molar-refractivity contribution in [3.63, 3.8) is 0 Å². The predicted molar refractivity (Wildman–Crippen MR) is 96.1 cm³/mol. The maximum absolute atomic E-state index is 12.7. The minimum absolute atomic E-state index is 0.00103. The number of aromatic nitrogens is 4. The minimum atomic E-state index is -0.495. The Morgan fingerprint density at radius 3 is 2.36 bits per heavy atom. The van der Waals surface area contributed by atoms with Crippen LogP contribution in [-0.2, 0) is 23.6 Å². The summed E-state index contributed by atoms with van der Waals surface area (Å²) in [6.07, 6.45) is 0.520.